The molecule has 0 aliphatic carbocycles. The van der Waals surface area contributed by atoms with Crippen LogP contribution in [0.5, 0.6) is 0 Å². The van der Waals surface area contributed by atoms with Crippen LogP contribution in [0.3, 0.4) is 0 Å². The Morgan fingerprint density at radius 3 is 2.69 bits per heavy atom. The number of hydrogen-bond acceptors (Lipinski definition) is 2. The maximum Gasteiger partial charge on any atom is 0.331 e. The van der Waals surface area contributed by atoms with E-state index in [9.17, 15) is 4.79 Å². The van der Waals surface area contributed by atoms with Gasteiger partial charge in [0, 0.05) is 6.08 Å². The summed E-state index contributed by atoms with van der Waals surface area (Å²) in [5.74, 6) is -0.163. The van der Waals surface area contributed by atoms with Crippen molar-refractivity contribution >= 4 is 5.97 Å². The first-order chi connectivity index (χ1) is 6.33. The van der Waals surface area contributed by atoms with Gasteiger partial charge in [-0.05, 0) is 18.4 Å². The molecule has 0 bridgehead atoms. The van der Waals surface area contributed by atoms with Gasteiger partial charge >= 0.3 is 5.97 Å². The zero-order valence-corrected chi connectivity index (χ0v) is 8.34. The van der Waals surface area contributed by atoms with E-state index in [0.717, 1.165) is 6.42 Å². The number of hydrogen-bond donors (Lipinski definition) is 0. The molecule has 13 heavy (non-hydrogen) atoms. The topological polar surface area (TPSA) is 26.3 Å². The predicted molar refractivity (Wildman–Crippen MR) is 52.4 cm³/mol. The van der Waals surface area contributed by atoms with E-state index in [2.05, 4.69) is 6.92 Å². The summed E-state index contributed by atoms with van der Waals surface area (Å²) in [6.07, 6.45) is 9.08. The summed E-state index contributed by atoms with van der Waals surface area (Å²) in [5, 5.41) is 0. The van der Waals surface area contributed by atoms with Crippen LogP contribution in [-0.4, -0.2) is 12.6 Å². The molecule has 1 aliphatic heterocycles. The minimum Gasteiger partial charge on any atom is -0.458 e. The summed E-state index contributed by atoms with van der Waals surface area (Å²) in [4.78, 5) is 10.7. The van der Waals surface area contributed by atoms with Gasteiger partial charge in [-0.3, -0.25) is 0 Å². The van der Waals surface area contributed by atoms with E-state index in [1.165, 1.54) is 37.7 Å². The van der Waals surface area contributed by atoms with Crippen molar-refractivity contribution in [3.8, 4) is 0 Å². The number of ether oxygens (including phenoxy) is 1. The van der Waals surface area contributed by atoms with Crippen LogP contribution in [0.1, 0.15) is 45.4 Å². The molecule has 0 aromatic heterocycles. The Kier molecular flexibility index (Phi) is 4.58. The molecule has 0 aromatic carbocycles. The second-order valence-electron chi connectivity index (χ2n) is 3.57. The van der Waals surface area contributed by atoms with E-state index in [1.807, 2.05) is 0 Å². The number of carbonyl (C=O) groups is 1. The first-order valence-electron chi connectivity index (χ1n) is 5.19. The maximum atomic E-state index is 10.7. The van der Waals surface area contributed by atoms with E-state index in [0.29, 0.717) is 6.61 Å². The molecule has 0 aromatic rings. The van der Waals surface area contributed by atoms with Crippen LogP contribution in [0.25, 0.3) is 0 Å². The third-order valence-corrected chi connectivity index (χ3v) is 2.32. The fraction of sp³-hybridized carbons (Fsp3) is 0.727. The van der Waals surface area contributed by atoms with Crippen molar-refractivity contribution in [3.63, 3.8) is 0 Å². The zero-order valence-electron chi connectivity index (χ0n) is 8.34. The third-order valence-electron chi connectivity index (χ3n) is 2.32. The standard InChI is InChI=1S/C11H18O2/c1-2-3-4-5-6-7-10-8-11(12)13-9-10/h8H,2-7,9H2,1H3. The van der Waals surface area contributed by atoms with Gasteiger partial charge in [0.25, 0.3) is 0 Å². The van der Waals surface area contributed by atoms with E-state index >= 15 is 0 Å². The van der Waals surface area contributed by atoms with Gasteiger partial charge in [-0.2, -0.15) is 0 Å². The lowest BCUT2D eigenvalue weighted by molar-refractivity contribution is -0.134. The molecule has 0 saturated carbocycles. The molecule has 2 heteroatoms. The van der Waals surface area contributed by atoms with Gasteiger partial charge in [0.15, 0.2) is 0 Å². The van der Waals surface area contributed by atoms with Crippen molar-refractivity contribution in [2.45, 2.75) is 45.4 Å². The summed E-state index contributed by atoms with van der Waals surface area (Å²) in [5.41, 5.74) is 1.17. The first-order valence-corrected chi connectivity index (χ1v) is 5.19. The molecule has 1 heterocycles. The molecule has 0 radical (unpaired) electrons. The molecule has 0 N–H and O–H groups in total. The van der Waals surface area contributed by atoms with Crippen molar-refractivity contribution < 1.29 is 9.53 Å². The van der Waals surface area contributed by atoms with Gasteiger partial charge in [0.1, 0.15) is 6.61 Å². The normalized spacial score (nSPS) is 15.8. The zero-order chi connectivity index (χ0) is 9.52. The van der Waals surface area contributed by atoms with Crippen LogP contribution >= 0.6 is 0 Å². The van der Waals surface area contributed by atoms with Crippen LogP contribution in [-0.2, 0) is 9.53 Å². The van der Waals surface area contributed by atoms with Gasteiger partial charge in [0.2, 0.25) is 0 Å². The smallest absolute Gasteiger partial charge is 0.331 e. The van der Waals surface area contributed by atoms with Gasteiger partial charge in [-0.15, -0.1) is 0 Å². The second kappa shape index (κ2) is 5.79. The van der Waals surface area contributed by atoms with Gasteiger partial charge in [-0.1, -0.05) is 32.6 Å². The SMILES string of the molecule is CCCCCCCC1=CC(=O)OC1. The summed E-state index contributed by atoms with van der Waals surface area (Å²) in [7, 11) is 0. The Labute approximate surface area is 80.0 Å². The van der Waals surface area contributed by atoms with Crippen molar-refractivity contribution in [1.82, 2.24) is 0 Å². The highest BCUT2D eigenvalue weighted by atomic mass is 16.5. The Morgan fingerprint density at radius 1 is 1.31 bits per heavy atom. The number of carbonyl (C=O) groups excluding carboxylic acids is 1. The summed E-state index contributed by atoms with van der Waals surface area (Å²) in [6.45, 7) is 2.75. The van der Waals surface area contributed by atoms with E-state index < -0.39 is 0 Å². The first kappa shape index (κ1) is 10.3. The minimum atomic E-state index is -0.163. The number of unbranched alkanes of at least 4 members (excludes halogenated alkanes) is 4. The highest BCUT2D eigenvalue weighted by molar-refractivity contribution is 5.85. The van der Waals surface area contributed by atoms with E-state index in [-0.39, 0.29) is 5.97 Å². The lowest BCUT2D eigenvalue weighted by Crippen LogP contribution is -1.91. The van der Waals surface area contributed by atoms with Gasteiger partial charge < -0.3 is 4.74 Å². The molecule has 0 spiro atoms. The average molecular weight is 182 g/mol. The molecule has 0 unspecified atom stereocenters. The molecular weight excluding hydrogens is 164 g/mol. The minimum absolute atomic E-state index is 0.163. The van der Waals surface area contributed by atoms with Gasteiger partial charge in [-0.25, -0.2) is 4.79 Å². The summed E-state index contributed by atoms with van der Waals surface area (Å²) >= 11 is 0. The van der Waals surface area contributed by atoms with Crippen LogP contribution in [0.4, 0.5) is 0 Å². The Hall–Kier alpha value is -0.790. The number of rotatable bonds is 6. The molecule has 1 rings (SSSR count). The lowest BCUT2D eigenvalue weighted by Gasteiger charge is -2.00. The monoisotopic (exact) mass is 182 g/mol. The average Bonchev–Trinajstić information content (AvgIpc) is 2.51. The molecular formula is C11H18O2. The van der Waals surface area contributed by atoms with Crippen molar-refractivity contribution in [2.24, 2.45) is 0 Å². The second-order valence-corrected chi connectivity index (χ2v) is 3.57. The maximum absolute atomic E-state index is 10.7. The summed E-state index contributed by atoms with van der Waals surface area (Å²) < 4.78 is 4.81. The number of esters is 1. The Morgan fingerprint density at radius 2 is 2.08 bits per heavy atom. The number of cyclic esters (lactones) is 1. The highest BCUT2D eigenvalue weighted by Crippen LogP contribution is 2.15. The van der Waals surface area contributed by atoms with Crippen LogP contribution < -0.4 is 0 Å². The molecule has 0 atom stereocenters. The quantitative estimate of drug-likeness (QED) is 0.466. The molecule has 0 amide bonds. The Bertz CT molecular complexity index is 194. The lowest BCUT2D eigenvalue weighted by atomic mass is 10.1. The van der Waals surface area contributed by atoms with E-state index in [1.54, 1.807) is 6.08 Å². The highest BCUT2D eigenvalue weighted by Gasteiger charge is 2.11. The molecule has 1 aliphatic rings. The Balaban J connectivity index is 2.00. The van der Waals surface area contributed by atoms with Crippen LogP contribution in [0, 0.1) is 0 Å². The molecule has 0 saturated heterocycles. The van der Waals surface area contributed by atoms with Crippen molar-refractivity contribution in [1.29, 1.82) is 0 Å². The summed E-state index contributed by atoms with van der Waals surface area (Å²) in [6, 6.07) is 0. The van der Waals surface area contributed by atoms with Crippen LogP contribution in [0.2, 0.25) is 0 Å². The van der Waals surface area contributed by atoms with Crippen LogP contribution in [0.15, 0.2) is 11.6 Å². The van der Waals surface area contributed by atoms with Gasteiger partial charge in [0.05, 0.1) is 0 Å². The van der Waals surface area contributed by atoms with Crippen molar-refractivity contribution in [2.75, 3.05) is 6.61 Å². The molecule has 74 valence electrons. The fourth-order valence-electron chi connectivity index (χ4n) is 1.51. The fourth-order valence-corrected chi connectivity index (χ4v) is 1.51. The molecule has 2 nitrogen and oxygen atoms in total. The van der Waals surface area contributed by atoms with Crippen molar-refractivity contribution in [3.05, 3.63) is 11.6 Å². The third kappa shape index (κ3) is 4.11. The molecule has 0 fully saturated rings. The largest absolute Gasteiger partial charge is 0.458 e. The predicted octanol–water partition coefficient (Wildman–Crippen LogP) is 2.83. The van der Waals surface area contributed by atoms with E-state index in [4.69, 9.17) is 4.74 Å².